The summed E-state index contributed by atoms with van der Waals surface area (Å²) in [6, 6.07) is 7.19. The monoisotopic (exact) mass is 482 g/mol. The Morgan fingerprint density at radius 1 is 1.03 bits per heavy atom. The van der Waals surface area contributed by atoms with Gasteiger partial charge in [0.25, 0.3) is 9.84 Å². The van der Waals surface area contributed by atoms with Crippen molar-refractivity contribution in [2.45, 2.75) is 36.2 Å². The highest BCUT2D eigenvalue weighted by molar-refractivity contribution is 7.92. The van der Waals surface area contributed by atoms with E-state index in [2.05, 4.69) is 9.88 Å². The standard InChI is InChI=1S/C21H21F3N4O4S/c22-21(23,24)33(31,32)17-6-4-16(5-7-17)28-19(29)14-27(20(28)30)13-15-8-9-25-18(12-15)26-10-2-1-3-11-26/h4-9,12,14,29H,1-3,10-11,13H2. The number of benzene rings is 1. The maximum absolute atomic E-state index is 12.9. The highest BCUT2D eigenvalue weighted by Gasteiger charge is 2.46. The van der Waals surface area contributed by atoms with Gasteiger partial charge in [-0.25, -0.2) is 22.8 Å². The van der Waals surface area contributed by atoms with E-state index in [1.54, 1.807) is 12.3 Å². The van der Waals surface area contributed by atoms with E-state index in [4.69, 9.17) is 0 Å². The molecule has 0 aliphatic carbocycles. The number of aromatic hydroxyl groups is 1. The van der Waals surface area contributed by atoms with Crippen LogP contribution >= 0.6 is 0 Å². The first kappa shape index (κ1) is 22.9. The first-order valence-electron chi connectivity index (χ1n) is 10.2. The molecule has 1 aromatic carbocycles. The number of halogens is 3. The van der Waals surface area contributed by atoms with Crippen LogP contribution in [0.5, 0.6) is 5.88 Å². The van der Waals surface area contributed by atoms with Crippen LogP contribution in [0.25, 0.3) is 5.69 Å². The molecule has 1 fully saturated rings. The summed E-state index contributed by atoms with van der Waals surface area (Å²) < 4.78 is 63.4. The normalized spacial score (nSPS) is 15.1. The zero-order valence-electron chi connectivity index (χ0n) is 17.4. The summed E-state index contributed by atoms with van der Waals surface area (Å²) in [5.41, 5.74) is -5.25. The van der Waals surface area contributed by atoms with Crippen molar-refractivity contribution < 1.29 is 26.7 Å². The predicted octanol–water partition coefficient (Wildman–Crippen LogP) is 3.07. The molecule has 0 unspecified atom stereocenters. The van der Waals surface area contributed by atoms with Crippen LogP contribution in [0.4, 0.5) is 19.0 Å². The molecule has 1 N–H and O–H groups in total. The van der Waals surface area contributed by atoms with Crippen molar-refractivity contribution in [3.63, 3.8) is 0 Å². The Balaban J connectivity index is 1.60. The van der Waals surface area contributed by atoms with Gasteiger partial charge in [-0.1, -0.05) is 0 Å². The molecule has 0 spiro atoms. The minimum atomic E-state index is -5.51. The fourth-order valence-electron chi connectivity index (χ4n) is 3.79. The molecule has 0 amide bonds. The lowest BCUT2D eigenvalue weighted by molar-refractivity contribution is -0.0436. The molecule has 8 nitrogen and oxygen atoms in total. The summed E-state index contributed by atoms with van der Waals surface area (Å²) in [4.78, 5) is 18.5. The largest absolute Gasteiger partial charge is 0.501 e. The number of imidazole rings is 1. The van der Waals surface area contributed by atoms with E-state index in [9.17, 15) is 31.5 Å². The zero-order chi connectivity index (χ0) is 23.8. The second kappa shape index (κ2) is 8.58. The van der Waals surface area contributed by atoms with Gasteiger partial charge in [-0.05, 0) is 61.2 Å². The third-order valence-corrected chi connectivity index (χ3v) is 6.99. The molecular formula is C21H21F3N4O4S. The maximum Gasteiger partial charge on any atom is 0.501 e. The van der Waals surface area contributed by atoms with Gasteiger partial charge >= 0.3 is 11.2 Å². The number of nitrogens with zero attached hydrogens (tertiary/aromatic N) is 4. The molecule has 0 saturated carbocycles. The molecule has 2 aromatic heterocycles. The van der Waals surface area contributed by atoms with Gasteiger partial charge in [0.2, 0.25) is 5.88 Å². The molecule has 1 aliphatic rings. The Morgan fingerprint density at radius 2 is 1.70 bits per heavy atom. The average Bonchev–Trinajstić information content (AvgIpc) is 3.06. The van der Waals surface area contributed by atoms with Gasteiger partial charge in [0.1, 0.15) is 5.82 Å². The third kappa shape index (κ3) is 4.47. The Labute approximate surface area is 187 Å². The van der Waals surface area contributed by atoms with Crippen molar-refractivity contribution in [2.75, 3.05) is 18.0 Å². The van der Waals surface area contributed by atoms with E-state index in [1.165, 1.54) is 17.2 Å². The zero-order valence-corrected chi connectivity index (χ0v) is 18.2. The van der Waals surface area contributed by atoms with Gasteiger partial charge in [0, 0.05) is 19.3 Å². The molecule has 3 aromatic rings. The van der Waals surface area contributed by atoms with Gasteiger partial charge < -0.3 is 10.0 Å². The smallest absolute Gasteiger partial charge is 0.493 e. The van der Waals surface area contributed by atoms with E-state index in [1.807, 2.05) is 6.07 Å². The third-order valence-electron chi connectivity index (χ3n) is 5.49. The highest BCUT2D eigenvalue weighted by Crippen LogP contribution is 2.30. The van der Waals surface area contributed by atoms with Gasteiger partial charge in [0.05, 0.1) is 23.3 Å². The van der Waals surface area contributed by atoms with Crippen molar-refractivity contribution in [2.24, 2.45) is 0 Å². The van der Waals surface area contributed by atoms with Gasteiger partial charge in [-0.2, -0.15) is 13.2 Å². The first-order chi connectivity index (χ1) is 15.6. The Bertz CT molecular complexity index is 1310. The Hall–Kier alpha value is -3.28. The molecule has 33 heavy (non-hydrogen) atoms. The van der Waals surface area contributed by atoms with Crippen LogP contribution in [-0.2, 0) is 16.4 Å². The lowest BCUT2D eigenvalue weighted by Crippen LogP contribution is -2.30. The second-order valence-corrected chi connectivity index (χ2v) is 9.69. The topological polar surface area (TPSA) is 97.4 Å². The van der Waals surface area contributed by atoms with Gasteiger partial charge in [-0.3, -0.25) is 4.57 Å². The van der Waals surface area contributed by atoms with Crippen LogP contribution in [0.1, 0.15) is 24.8 Å². The first-order valence-corrected chi connectivity index (χ1v) is 11.7. The Kier molecular flexibility index (Phi) is 5.95. The van der Waals surface area contributed by atoms with E-state index in [0.29, 0.717) is 0 Å². The number of pyridine rings is 1. The number of anilines is 1. The average molecular weight is 482 g/mol. The van der Waals surface area contributed by atoms with Crippen LogP contribution in [-0.4, -0.2) is 46.2 Å². The maximum atomic E-state index is 12.9. The number of piperidine rings is 1. The van der Waals surface area contributed by atoms with E-state index >= 15 is 0 Å². The molecular weight excluding hydrogens is 461 g/mol. The quantitative estimate of drug-likeness (QED) is 0.600. The lowest BCUT2D eigenvalue weighted by Gasteiger charge is -2.27. The predicted molar refractivity (Wildman–Crippen MR) is 114 cm³/mol. The molecule has 1 saturated heterocycles. The van der Waals surface area contributed by atoms with Crippen molar-refractivity contribution >= 4 is 15.7 Å². The fourth-order valence-corrected chi connectivity index (χ4v) is 4.56. The van der Waals surface area contributed by atoms with Crippen LogP contribution in [0, 0.1) is 0 Å². The minimum Gasteiger partial charge on any atom is -0.493 e. The summed E-state index contributed by atoms with van der Waals surface area (Å²) in [5.74, 6) is 0.377. The van der Waals surface area contributed by atoms with Crippen molar-refractivity contribution in [1.82, 2.24) is 14.1 Å². The number of sulfone groups is 1. The van der Waals surface area contributed by atoms with Crippen LogP contribution in [0.15, 0.2) is 58.5 Å². The van der Waals surface area contributed by atoms with Crippen LogP contribution < -0.4 is 10.6 Å². The lowest BCUT2D eigenvalue weighted by atomic mass is 10.1. The SMILES string of the molecule is O=c1n(Cc2ccnc(N3CCCCC3)c2)cc(O)n1-c1ccc(S(=O)(=O)C(F)(F)F)cc1. The van der Waals surface area contributed by atoms with Gasteiger partial charge in [0.15, 0.2) is 0 Å². The van der Waals surface area contributed by atoms with E-state index < -0.39 is 31.8 Å². The van der Waals surface area contributed by atoms with E-state index in [0.717, 1.165) is 66.1 Å². The van der Waals surface area contributed by atoms with Crippen molar-refractivity contribution in [1.29, 1.82) is 0 Å². The molecule has 0 atom stereocenters. The number of hydrogen-bond acceptors (Lipinski definition) is 6. The molecule has 1 aliphatic heterocycles. The summed E-state index contributed by atoms with van der Waals surface area (Å²) >= 11 is 0. The molecule has 3 heterocycles. The minimum absolute atomic E-state index is 0.0288. The fraction of sp³-hybridized carbons (Fsp3) is 0.333. The number of hydrogen-bond donors (Lipinski definition) is 1. The Morgan fingerprint density at radius 3 is 2.33 bits per heavy atom. The van der Waals surface area contributed by atoms with Crippen LogP contribution in [0.3, 0.4) is 0 Å². The summed E-state index contributed by atoms with van der Waals surface area (Å²) in [6.07, 6.45) is 6.22. The summed E-state index contributed by atoms with van der Waals surface area (Å²) in [7, 11) is -5.51. The molecule has 4 rings (SSSR count). The number of rotatable bonds is 5. The molecule has 176 valence electrons. The second-order valence-electron chi connectivity index (χ2n) is 7.75. The van der Waals surface area contributed by atoms with E-state index in [-0.39, 0.29) is 12.2 Å². The highest BCUT2D eigenvalue weighted by atomic mass is 32.2. The molecule has 0 bridgehead atoms. The summed E-state index contributed by atoms with van der Waals surface area (Å²) in [6.45, 7) is 1.96. The molecule has 12 heteroatoms. The van der Waals surface area contributed by atoms with Gasteiger partial charge in [-0.15, -0.1) is 0 Å². The summed E-state index contributed by atoms with van der Waals surface area (Å²) in [5, 5.41) is 10.3. The van der Waals surface area contributed by atoms with Crippen molar-refractivity contribution in [3.05, 3.63) is 64.8 Å². The molecule has 0 radical (unpaired) electrons. The number of alkyl halides is 3. The van der Waals surface area contributed by atoms with Crippen molar-refractivity contribution in [3.8, 4) is 11.6 Å². The number of aromatic nitrogens is 3. The van der Waals surface area contributed by atoms with Crippen LogP contribution in [0.2, 0.25) is 0 Å².